The average molecular weight is 230 g/mol. The number of thioether (sulfide) groups is 1. The number of halogens is 1. The molecular weight excluding hydrogens is 214 g/mol. The predicted octanol–water partition coefficient (Wildman–Crippen LogP) is 3.86. The van der Waals surface area contributed by atoms with Crippen molar-refractivity contribution in [3.8, 4) is 0 Å². The Balaban J connectivity index is 2.89. The van der Waals surface area contributed by atoms with Crippen molar-refractivity contribution in [2.75, 3.05) is 0 Å². The van der Waals surface area contributed by atoms with E-state index in [-0.39, 0.29) is 6.04 Å². The third-order valence-electron chi connectivity index (χ3n) is 1.83. The smallest absolute Gasteiger partial charge is 0.0464 e. The minimum Gasteiger partial charge on any atom is -0.324 e. The zero-order valence-electron chi connectivity index (χ0n) is 8.75. The lowest BCUT2D eigenvalue weighted by Gasteiger charge is -2.10. The summed E-state index contributed by atoms with van der Waals surface area (Å²) in [5.41, 5.74) is 6.79. The zero-order chi connectivity index (χ0) is 10.7. The lowest BCUT2D eigenvalue weighted by atomic mass is 10.1. The fourth-order valence-corrected chi connectivity index (χ4v) is 2.52. The Bertz CT molecular complexity index is 310. The van der Waals surface area contributed by atoms with Gasteiger partial charge in [-0.1, -0.05) is 31.5 Å². The van der Waals surface area contributed by atoms with Crippen molar-refractivity contribution >= 4 is 23.4 Å². The molecule has 0 radical (unpaired) electrons. The van der Waals surface area contributed by atoms with Gasteiger partial charge in [0.05, 0.1) is 0 Å². The van der Waals surface area contributed by atoms with E-state index in [0.717, 1.165) is 10.6 Å². The molecule has 0 saturated heterocycles. The van der Waals surface area contributed by atoms with E-state index in [1.165, 1.54) is 4.90 Å². The summed E-state index contributed by atoms with van der Waals surface area (Å²) in [5, 5.41) is 1.35. The number of hydrogen-bond acceptors (Lipinski definition) is 2. The summed E-state index contributed by atoms with van der Waals surface area (Å²) < 4.78 is 0. The maximum absolute atomic E-state index is 6.11. The van der Waals surface area contributed by atoms with Gasteiger partial charge in [0.1, 0.15) is 0 Å². The Labute approximate surface area is 95.0 Å². The molecule has 78 valence electrons. The molecule has 0 aliphatic heterocycles. The molecule has 1 nitrogen and oxygen atoms in total. The van der Waals surface area contributed by atoms with Crippen molar-refractivity contribution in [1.29, 1.82) is 0 Å². The van der Waals surface area contributed by atoms with E-state index in [1.54, 1.807) is 0 Å². The lowest BCUT2D eigenvalue weighted by Crippen LogP contribution is -2.05. The van der Waals surface area contributed by atoms with Crippen LogP contribution in [0, 0.1) is 0 Å². The van der Waals surface area contributed by atoms with Crippen LogP contribution in [0.5, 0.6) is 0 Å². The molecule has 1 atom stereocenters. The molecule has 0 spiro atoms. The Morgan fingerprint density at radius 3 is 2.36 bits per heavy atom. The van der Waals surface area contributed by atoms with Crippen LogP contribution in [0.1, 0.15) is 32.4 Å². The van der Waals surface area contributed by atoms with Crippen LogP contribution in [0.25, 0.3) is 0 Å². The molecule has 1 rings (SSSR count). The molecule has 3 heteroatoms. The van der Waals surface area contributed by atoms with Crippen molar-refractivity contribution in [3.05, 3.63) is 28.8 Å². The topological polar surface area (TPSA) is 26.0 Å². The molecule has 1 aromatic rings. The second kappa shape index (κ2) is 5.06. The van der Waals surface area contributed by atoms with E-state index < -0.39 is 0 Å². The summed E-state index contributed by atoms with van der Waals surface area (Å²) in [5.74, 6) is 0. The Hall–Kier alpha value is -0.180. The first-order valence-electron chi connectivity index (χ1n) is 4.72. The standard InChI is InChI=1S/C11H16ClNS/c1-7(2)14-9-4-5-10(8(3)13)11(12)6-9/h4-8H,13H2,1-3H3. The molecule has 2 N–H and O–H groups in total. The minimum absolute atomic E-state index is 0.000556. The number of hydrogen-bond donors (Lipinski definition) is 1. The summed E-state index contributed by atoms with van der Waals surface area (Å²) in [4.78, 5) is 1.20. The van der Waals surface area contributed by atoms with E-state index in [1.807, 2.05) is 30.8 Å². The second-order valence-corrected chi connectivity index (χ2v) is 5.70. The van der Waals surface area contributed by atoms with Gasteiger partial charge in [-0.15, -0.1) is 11.8 Å². The third-order valence-corrected chi connectivity index (χ3v) is 3.16. The van der Waals surface area contributed by atoms with Gasteiger partial charge in [-0.3, -0.25) is 0 Å². The van der Waals surface area contributed by atoms with Gasteiger partial charge >= 0.3 is 0 Å². The van der Waals surface area contributed by atoms with Gasteiger partial charge in [-0.2, -0.15) is 0 Å². The molecule has 0 bridgehead atoms. The van der Waals surface area contributed by atoms with Gasteiger partial charge in [0, 0.05) is 21.2 Å². The van der Waals surface area contributed by atoms with Crippen LogP contribution in [-0.2, 0) is 0 Å². The molecule has 1 unspecified atom stereocenters. The molecule has 1 aromatic carbocycles. The van der Waals surface area contributed by atoms with Crippen molar-refractivity contribution in [1.82, 2.24) is 0 Å². The second-order valence-electron chi connectivity index (χ2n) is 3.64. The van der Waals surface area contributed by atoms with Gasteiger partial charge < -0.3 is 5.73 Å². The summed E-state index contributed by atoms with van der Waals surface area (Å²) in [6, 6.07) is 6.08. The van der Waals surface area contributed by atoms with Crippen molar-refractivity contribution in [2.24, 2.45) is 5.73 Å². The molecule has 0 saturated carbocycles. The Morgan fingerprint density at radius 1 is 1.29 bits per heavy atom. The van der Waals surface area contributed by atoms with Gasteiger partial charge in [0.25, 0.3) is 0 Å². The molecule has 0 heterocycles. The molecule has 0 aliphatic rings. The predicted molar refractivity (Wildman–Crippen MR) is 65.0 cm³/mol. The largest absolute Gasteiger partial charge is 0.324 e. The van der Waals surface area contributed by atoms with E-state index in [4.69, 9.17) is 17.3 Å². The van der Waals surface area contributed by atoms with E-state index in [2.05, 4.69) is 19.9 Å². The summed E-state index contributed by atoms with van der Waals surface area (Å²) in [6.45, 7) is 6.27. The molecule has 0 aliphatic carbocycles. The van der Waals surface area contributed by atoms with E-state index in [9.17, 15) is 0 Å². The van der Waals surface area contributed by atoms with Gasteiger partial charge in [-0.05, 0) is 24.6 Å². The fraction of sp³-hybridized carbons (Fsp3) is 0.455. The quantitative estimate of drug-likeness (QED) is 0.797. The highest BCUT2D eigenvalue weighted by Crippen LogP contribution is 2.29. The van der Waals surface area contributed by atoms with Gasteiger partial charge in [-0.25, -0.2) is 0 Å². The molecular formula is C11H16ClNS. The average Bonchev–Trinajstić information content (AvgIpc) is 2.01. The van der Waals surface area contributed by atoms with Crippen molar-refractivity contribution in [2.45, 2.75) is 37.0 Å². The van der Waals surface area contributed by atoms with Crippen LogP contribution < -0.4 is 5.73 Å². The van der Waals surface area contributed by atoms with Crippen LogP contribution in [0.15, 0.2) is 23.1 Å². The van der Waals surface area contributed by atoms with E-state index in [0.29, 0.717) is 5.25 Å². The summed E-state index contributed by atoms with van der Waals surface area (Å²) in [7, 11) is 0. The number of nitrogens with two attached hydrogens (primary N) is 1. The third kappa shape index (κ3) is 3.19. The van der Waals surface area contributed by atoms with Crippen LogP contribution in [-0.4, -0.2) is 5.25 Å². The summed E-state index contributed by atoms with van der Waals surface area (Å²) >= 11 is 7.92. The first-order valence-corrected chi connectivity index (χ1v) is 5.98. The monoisotopic (exact) mass is 229 g/mol. The fourth-order valence-electron chi connectivity index (χ4n) is 1.22. The minimum atomic E-state index is 0.000556. The van der Waals surface area contributed by atoms with Crippen LogP contribution in [0.4, 0.5) is 0 Å². The van der Waals surface area contributed by atoms with Crippen LogP contribution >= 0.6 is 23.4 Å². The normalized spacial score (nSPS) is 13.3. The Kier molecular flexibility index (Phi) is 4.30. The molecule has 0 amide bonds. The highest BCUT2D eigenvalue weighted by molar-refractivity contribution is 7.99. The van der Waals surface area contributed by atoms with Crippen molar-refractivity contribution in [3.63, 3.8) is 0 Å². The summed E-state index contributed by atoms with van der Waals surface area (Å²) in [6.07, 6.45) is 0. The zero-order valence-corrected chi connectivity index (χ0v) is 10.3. The first kappa shape index (κ1) is 11.9. The lowest BCUT2D eigenvalue weighted by molar-refractivity contribution is 0.817. The molecule has 0 aromatic heterocycles. The number of rotatable bonds is 3. The maximum atomic E-state index is 6.11. The van der Waals surface area contributed by atoms with Gasteiger partial charge in [0.15, 0.2) is 0 Å². The molecule has 0 fully saturated rings. The van der Waals surface area contributed by atoms with Crippen LogP contribution in [0.3, 0.4) is 0 Å². The van der Waals surface area contributed by atoms with E-state index >= 15 is 0 Å². The SMILES string of the molecule is CC(C)Sc1ccc(C(C)N)c(Cl)c1. The highest BCUT2D eigenvalue weighted by Gasteiger charge is 2.06. The maximum Gasteiger partial charge on any atom is 0.0464 e. The van der Waals surface area contributed by atoms with Crippen LogP contribution in [0.2, 0.25) is 5.02 Å². The number of benzene rings is 1. The highest BCUT2D eigenvalue weighted by atomic mass is 35.5. The Morgan fingerprint density at radius 2 is 1.93 bits per heavy atom. The van der Waals surface area contributed by atoms with Crippen molar-refractivity contribution < 1.29 is 0 Å². The first-order chi connectivity index (χ1) is 6.50. The van der Waals surface area contributed by atoms with Gasteiger partial charge in [0.2, 0.25) is 0 Å². The molecule has 14 heavy (non-hydrogen) atoms.